The SMILES string of the molecule is COC(=O)C(C)(C)C1(C2CCN(C)C2)COC1. The summed E-state index contributed by atoms with van der Waals surface area (Å²) in [7, 11) is 3.61. The van der Waals surface area contributed by atoms with Crippen LogP contribution in [0, 0.1) is 16.7 Å². The van der Waals surface area contributed by atoms with Gasteiger partial charge in [0.2, 0.25) is 0 Å². The number of hydrogen-bond acceptors (Lipinski definition) is 4. The summed E-state index contributed by atoms with van der Waals surface area (Å²) in [6, 6.07) is 0. The number of hydrogen-bond donors (Lipinski definition) is 0. The zero-order valence-corrected chi connectivity index (χ0v) is 11.3. The van der Waals surface area contributed by atoms with Crippen molar-refractivity contribution in [1.29, 1.82) is 0 Å². The van der Waals surface area contributed by atoms with E-state index in [0.717, 1.165) is 19.5 Å². The molecule has 2 rings (SSSR count). The molecule has 0 spiro atoms. The summed E-state index contributed by atoms with van der Waals surface area (Å²) in [5.74, 6) is 0.422. The van der Waals surface area contributed by atoms with Crippen LogP contribution in [0.4, 0.5) is 0 Å². The van der Waals surface area contributed by atoms with E-state index in [1.54, 1.807) is 0 Å². The van der Waals surface area contributed by atoms with E-state index >= 15 is 0 Å². The molecule has 2 heterocycles. The highest BCUT2D eigenvalue weighted by Crippen LogP contribution is 2.53. The van der Waals surface area contributed by atoms with E-state index in [1.807, 2.05) is 13.8 Å². The van der Waals surface area contributed by atoms with Gasteiger partial charge in [-0.3, -0.25) is 4.79 Å². The van der Waals surface area contributed by atoms with Crippen LogP contribution in [-0.4, -0.2) is 51.3 Å². The molecule has 17 heavy (non-hydrogen) atoms. The van der Waals surface area contributed by atoms with E-state index < -0.39 is 5.41 Å². The first-order chi connectivity index (χ1) is 7.94. The van der Waals surface area contributed by atoms with E-state index in [9.17, 15) is 4.79 Å². The van der Waals surface area contributed by atoms with Crippen LogP contribution in [0.3, 0.4) is 0 Å². The van der Waals surface area contributed by atoms with Crippen molar-refractivity contribution < 1.29 is 14.3 Å². The Morgan fingerprint density at radius 3 is 2.47 bits per heavy atom. The maximum Gasteiger partial charge on any atom is 0.311 e. The predicted octanol–water partition coefficient (Wildman–Crippen LogP) is 1.15. The van der Waals surface area contributed by atoms with Gasteiger partial charge >= 0.3 is 5.97 Å². The van der Waals surface area contributed by atoms with Crippen LogP contribution >= 0.6 is 0 Å². The van der Waals surface area contributed by atoms with Gasteiger partial charge in [0.15, 0.2) is 0 Å². The van der Waals surface area contributed by atoms with E-state index in [-0.39, 0.29) is 11.4 Å². The smallest absolute Gasteiger partial charge is 0.311 e. The predicted molar refractivity (Wildman–Crippen MR) is 64.7 cm³/mol. The first-order valence-corrected chi connectivity index (χ1v) is 6.29. The molecule has 4 nitrogen and oxygen atoms in total. The van der Waals surface area contributed by atoms with Crippen molar-refractivity contribution in [3.63, 3.8) is 0 Å². The fourth-order valence-corrected chi connectivity index (χ4v) is 3.27. The normalized spacial score (nSPS) is 28.8. The van der Waals surface area contributed by atoms with Crippen LogP contribution in [0.25, 0.3) is 0 Å². The Hall–Kier alpha value is -0.610. The van der Waals surface area contributed by atoms with Crippen LogP contribution in [0.2, 0.25) is 0 Å². The molecule has 0 aromatic rings. The lowest BCUT2D eigenvalue weighted by Crippen LogP contribution is -2.61. The summed E-state index contributed by atoms with van der Waals surface area (Å²) in [6.45, 7) is 7.55. The molecule has 98 valence electrons. The molecule has 0 bridgehead atoms. The summed E-state index contributed by atoms with van der Waals surface area (Å²) in [5.41, 5.74) is -0.499. The van der Waals surface area contributed by atoms with E-state index in [4.69, 9.17) is 9.47 Å². The maximum absolute atomic E-state index is 12.0. The van der Waals surface area contributed by atoms with Crippen LogP contribution in [0.5, 0.6) is 0 Å². The molecule has 0 radical (unpaired) electrons. The van der Waals surface area contributed by atoms with Gasteiger partial charge in [0.25, 0.3) is 0 Å². The quantitative estimate of drug-likeness (QED) is 0.695. The third kappa shape index (κ3) is 1.78. The van der Waals surface area contributed by atoms with Crippen molar-refractivity contribution in [3.05, 3.63) is 0 Å². The number of carbonyl (C=O) groups excluding carboxylic acids is 1. The number of likely N-dealkylation sites (tertiary alicyclic amines) is 1. The van der Waals surface area contributed by atoms with Crippen molar-refractivity contribution in [2.45, 2.75) is 20.3 Å². The highest BCUT2D eigenvalue weighted by atomic mass is 16.5. The minimum absolute atomic E-state index is 0.0369. The average Bonchev–Trinajstić information content (AvgIpc) is 2.61. The summed E-state index contributed by atoms with van der Waals surface area (Å²) in [5, 5.41) is 0. The Labute approximate surface area is 103 Å². The van der Waals surface area contributed by atoms with Gasteiger partial charge in [0.1, 0.15) is 0 Å². The van der Waals surface area contributed by atoms with Gasteiger partial charge in [-0.05, 0) is 39.8 Å². The molecule has 2 saturated heterocycles. The Bertz CT molecular complexity index is 310. The maximum atomic E-state index is 12.0. The molecule has 2 aliphatic rings. The molecule has 0 N–H and O–H groups in total. The first kappa shape index (κ1) is 12.8. The Morgan fingerprint density at radius 1 is 1.47 bits per heavy atom. The van der Waals surface area contributed by atoms with Crippen LogP contribution in [0.15, 0.2) is 0 Å². The molecule has 4 heteroatoms. The minimum atomic E-state index is -0.462. The molecule has 2 aliphatic heterocycles. The largest absolute Gasteiger partial charge is 0.469 e. The number of nitrogens with zero attached hydrogens (tertiary/aromatic N) is 1. The summed E-state index contributed by atoms with van der Waals surface area (Å²) in [4.78, 5) is 14.4. The van der Waals surface area contributed by atoms with Crippen LogP contribution in [-0.2, 0) is 14.3 Å². The summed E-state index contributed by atoms with van der Waals surface area (Å²) < 4.78 is 10.4. The topological polar surface area (TPSA) is 38.8 Å². The molecule has 0 aromatic carbocycles. The molecule has 0 amide bonds. The minimum Gasteiger partial charge on any atom is -0.469 e. The first-order valence-electron chi connectivity index (χ1n) is 6.29. The van der Waals surface area contributed by atoms with Gasteiger partial charge in [0, 0.05) is 12.0 Å². The lowest BCUT2D eigenvalue weighted by atomic mass is 9.57. The number of methoxy groups -OCH3 is 1. The molecular weight excluding hydrogens is 218 g/mol. The number of ether oxygens (including phenoxy) is 2. The second-order valence-corrected chi connectivity index (χ2v) is 6.01. The Morgan fingerprint density at radius 2 is 2.12 bits per heavy atom. The highest BCUT2D eigenvalue weighted by Gasteiger charge is 2.60. The fourth-order valence-electron chi connectivity index (χ4n) is 3.27. The monoisotopic (exact) mass is 241 g/mol. The van der Waals surface area contributed by atoms with E-state index in [0.29, 0.717) is 19.1 Å². The van der Waals surface area contributed by atoms with Gasteiger partial charge in [-0.1, -0.05) is 0 Å². The van der Waals surface area contributed by atoms with Gasteiger partial charge < -0.3 is 14.4 Å². The summed E-state index contributed by atoms with van der Waals surface area (Å²) in [6.07, 6.45) is 1.15. The van der Waals surface area contributed by atoms with Crippen molar-refractivity contribution >= 4 is 5.97 Å². The average molecular weight is 241 g/mol. The van der Waals surface area contributed by atoms with Crippen LogP contribution < -0.4 is 0 Å². The van der Waals surface area contributed by atoms with E-state index in [2.05, 4.69) is 11.9 Å². The van der Waals surface area contributed by atoms with Gasteiger partial charge in [0.05, 0.1) is 25.7 Å². The zero-order chi connectivity index (χ0) is 12.7. The van der Waals surface area contributed by atoms with Crippen molar-refractivity contribution in [3.8, 4) is 0 Å². The molecule has 0 aromatic heterocycles. The third-order valence-corrected chi connectivity index (χ3v) is 4.83. The lowest BCUT2D eigenvalue weighted by Gasteiger charge is -2.54. The zero-order valence-electron chi connectivity index (χ0n) is 11.3. The van der Waals surface area contributed by atoms with Crippen molar-refractivity contribution in [1.82, 2.24) is 4.90 Å². The third-order valence-electron chi connectivity index (χ3n) is 4.83. The second kappa shape index (κ2) is 4.25. The van der Waals surface area contributed by atoms with E-state index in [1.165, 1.54) is 7.11 Å². The van der Waals surface area contributed by atoms with Gasteiger partial charge in [-0.2, -0.15) is 0 Å². The molecular formula is C13H23NO3. The van der Waals surface area contributed by atoms with Gasteiger partial charge in [-0.25, -0.2) is 0 Å². The Balaban J connectivity index is 2.22. The molecule has 0 saturated carbocycles. The fraction of sp³-hybridized carbons (Fsp3) is 0.923. The molecule has 0 aliphatic carbocycles. The number of esters is 1. The second-order valence-electron chi connectivity index (χ2n) is 6.01. The summed E-state index contributed by atoms with van der Waals surface area (Å²) >= 11 is 0. The van der Waals surface area contributed by atoms with Gasteiger partial charge in [-0.15, -0.1) is 0 Å². The van der Waals surface area contributed by atoms with Crippen molar-refractivity contribution in [2.24, 2.45) is 16.7 Å². The lowest BCUT2D eigenvalue weighted by molar-refractivity contribution is -0.217. The van der Waals surface area contributed by atoms with Crippen LogP contribution in [0.1, 0.15) is 20.3 Å². The molecule has 2 fully saturated rings. The molecule has 1 atom stereocenters. The number of carbonyl (C=O) groups is 1. The molecule has 1 unspecified atom stereocenters. The standard InChI is InChI=1S/C13H23NO3/c1-12(2,11(15)16-4)13(8-17-9-13)10-5-6-14(3)7-10/h10H,5-9H2,1-4H3. The Kier molecular flexibility index (Phi) is 3.21. The van der Waals surface area contributed by atoms with Crippen molar-refractivity contribution in [2.75, 3.05) is 40.5 Å². The highest BCUT2D eigenvalue weighted by molar-refractivity contribution is 5.77. The number of rotatable bonds is 3.